The zero-order valence-corrected chi connectivity index (χ0v) is 19.0. The van der Waals surface area contributed by atoms with E-state index in [9.17, 15) is 9.59 Å². The van der Waals surface area contributed by atoms with E-state index in [0.29, 0.717) is 30.2 Å². The second-order valence-corrected chi connectivity index (χ2v) is 8.12. The Labute approximate surface area is 192 Å². The van der Waals surface area contributed by atoms with Gasteiger partial charge in [0.1, 0.15) is 0 Å². The van der Waals surface area contributed by atoms with Crippen molar-refractivity contribution in [1.29, 1.82) is 0 Å². The molecule has 0 radical (unpaired) electrons. The SMILES string of the molecule is CCNC(=O)N1CCc2c(c(CN(C(=O)c3ccccc3Cl)c3ccccc3)nn2C)C1. The number of aromatic nitrogens is 2. The first-order valence-corrected chi connectivity index (χ1v) is 11.0. The van der Waals surface area contributed by atoms with Gasteiger partial charge in [0.15, 0.2) is 0 Å². The van der Waals surface area contributed by atoms with Crippen LogP contribution in [0.2, 0.25) is 5.02 Å². The molecule has 3 amide bonds. The highest BCUT2D eigenvalue weighted by molar-refractivity contribution is 6.34. The minimum atomic E-state index is -0.197. The molecule has 1 aliphatic heterocycles. The summed E-state index contributed by atoms with van der Waals surface area (Å²) in [4.78, 5) is 29.4. The van der Waals surface area contributed by atoms with Gasteiger partial charge in [-0.3, -0.25) is 9.48 Å². The molecule has 2 heterocycles. The lowest BCUT2D eigenvalue weighted by Crippen LogP contribution is -2.43. The summed E-state index contributed by atoms with van der Waals surface area (Å²) in [7, 11) is 1.91. The van der Waals surface area contributed by atoms with Crippen LogP contribution in [-0.4, -0.2) is 39.7 Å². The van der Waals surface area contributed by atoms with Crippen molar-refractivity contribution in [3.8, 4) is 0 Å². The third kappa shape index (κ3) is 4.34. The van der Waals surface area contributed by atoms with Gasteiger partial charge in [0.2, 0.25) is 0 Å². The van der Waals surface area contributed by atoms with Gasteiger partial charge in [-0.1, -0.05) is 41.9 Å². The minimum absolute atomic E-state index is 0.0833. The summed E-state index contributed by atoms with van der Waals surface area (Å²) in [6.07, 6.45) is 0.722. The third-order valence-electron chi connectivity index (χ3n) is 5.67. The number of nitrogens with one attached hydrogen (secondary N) is 1. The van der Waals surface area contributed by atoms with Crippen molar-refractivity contribution < 1.29 is 9.59 Å². The summed E-state index contributed by atoms with van der Waals surface area (Å²) in [5.74, 6) is -0.197. The number of fused-ring (bicyclic) bond motifs is 1. The van der Waals surface area contributed by atoms with Gasteiger partial charge in [0, 0.05) is 43.5 Å². The standard InChI is InChI=1S/C24H26ClN5O2/c1-3-26-24(32)29-14-13-22-19(15-29)21(27-28(22)2)16-30(17-9-5-4-6-10-17)23(31)18-11-7-8-12-20(18)25/h4-12H,3,13-16H2,1-2H3,(H,26,32). The molecule has 1 N–H and O–H groups in total. The lowest BCUT2D eigenvalue weighted by Gasteiger charge is -2.28. The minimum Gasteiger partial charge on any atom is -0.338 e. The molecule has 166 valence electrons. The van der Waals surface area contributed by atoms with E-state index in [1.165, 1.54) is 0 Å². The first kappa shape index (κ1) is 21.9. The molecular formula is C24H26ClN5O2. The first-order chi connectivity index (χ1) is 15.5. The molecule has 7 nitrogen and oxygen atoms in total. The maximum Gasteiger partial charge on any atom is 0.317 e. The number of amides is 3. The quantitative estimate of drug-likeness (QED) is 0.637. The van der Waals surface area contributed by atoms with Gasteiger partial charge < -0.3 is 15.1 Å². The van der Waals surface area contributed by atoms with Crippen LogP contribution in [-0.2, 0) is 26.6 Å². The summed E-state index contributed by atoms with van der Waals surface area (Å²) in [6, 6.07) is 16.5. The summed E-state index contributed by atoms with van der Waals surface area (Å²) in [5.41, 5.74) is 4.07. The molecule has 0 atom stereocenters. The summed E-state index contributed by atoms with van der Waals surface area (Å²) < 4.78 is 1.86. The number of para-hydroxylation sites is 1. The molecule has 1 aliphatic rings. The van der Waals surface area contributed by atoms with Crippen LogP contribution < -0.4 is 10.2 Å². The largest absolute Gasteiger partial charge is 0.338 e. The van der Waals surface area contributed by atoms with Gasteiger partial charge in [0.25, 0.3) is 5.91 Å². The molecule has 0 fully saturated rings. The number of aryl methyl sites for hydroxylation is 1. The molecule has 1 aromatic heterocycles. The normalized spacial score (nSPS) is 12.9. The average Bonchev–Trinajstić information content (AvgIpc) is 3.12. The van der Waals surface area contributed by atoms with Crippen molar-refractivity contribution in [2.75, 3.05) is 18.0 Å². The van der Waals surface area contributed by atoms with Gasteiger partial charge in [-0.15, -0.1) is 0 Å². The smallest absolute Gasteiger partial charge is 0.317 e. The van der Waals surface area contributed by atoms with Crippen molar-refractivity contribution in [2.24, 2.45) is 7.05 Å². The fourth-order valence-corrected chi connectivity index (χ4v) is 4.27. The Kier molecular flexibility index (Phi) is 6.46. The molecule has 0 bridgehead atoms. The lowest BCUT2D eigenvalue weighted by atomic mass is 10.0. The number of hydrogen-bond donors (Lipinski definition) is 1. The van der Waals surface area contributed by atoms with Crippen LogP contribution >= 0.6 is 11.6 Å². The Morgan fingerprint density at radius 1 is 1.12 bits per heavy atom. The number of hydrogen-bond acceptors (Lipinski definition) is 3. The molecule has 0 unspecified atom stereocenters. The molecule has 3 aromatic rings. The molecule has 0 saturated heterocycles. The Hall–Kier alpha value is -3.32. The van der Waals surface area contributed by atoms with E-state index in [1.807, 2.05) is 49.0 Å². The maximum atomic E-state index is 13.5. The third-order valence-corrected chi connectivity index (χ3v) is 6.00. The maximum absolute atomic E-state index is 13.5. The molecule has 8 heteroatoms. The van der Waals surface area contributed by atoms with Gasteiger partial charge in [0.05, 0.1) is 29.4 Å². The molecular weight excluding hydrogens is 426 g/mol. The van der Waals surface area contributed by atoms with Crippen LogP contribution in [0.25, 0.3) is 0 Å². The Morgan fingerprint density at radius 2 is 1.84 bits per heavy atom. The molecule has 0 spiro atoms. The van der Waals surface area contributed by atoms with Crippen molar-refractivity contribution in [2.45, 2.75) is 26.4 Å². The van der Waals surface area contributed by atoms with Crippen LogP contribution in [0.1, 0.15) is 34.2 Å². The monoisotopic (exact) mass is 451 g/mol. The number of nitrogens with zero attached hydrogens (tertiary/aromatic N) is 4. The number of carbonyl (C=O) groups excluding carboxylic acids is 2. The highest BCUT2D eigenvalue weighted by atomic mass is 35.5. The molecule has 32 heavy (non-hydrogen) atoms. The van der Waals surface area contributed by atoms with E-state index in [-0.39, 0.29) is 18.5 Å². The van der Waals surface area contributed by atoms with E-state index in [4.69, 9.17) is 16.7 Å². The van der Waals surface area contributed by atoms with Crippen molar-refractivity contribution in [1.82, 2.24) is 20.0 Å². The second-order valence-electron chi connectivity index (χ2n) is 7.71. The van der Waals surface area contributed by atoms with Crippen molar-refractivity contribution >= 4 is 29.2 Å². The Balaban J connectivity index is 1.69. The van der Waals surface area contributed by atoms with Crippen molar-refractivity contribution in [3.63, 3.8) is 0 Å². The predicted octanol–water partition coefficient (Wildman–Crippen LogP) is 4.01. The van der Waals surface area contributed by atoms with Crippen LogP contribution in [0, 0.1) is 0 Å². The van der Waals surface area contributed by atoms with E-state index < -0.39 is 0 Å². The van der Waals surface area contributed by atoms with E-state index in [1.54, 1.807) is 34.1 Å². The first-order valence-electron chi connectivity index (χ1n) is 10.7. The Bertz CT molecular complexity index is 1130. The summed E-state index contributed by atoms with van der Waals surface area (Å²) >= 11 is 6.34. The van der Waals surface area contributed by atoms with Crippen LogP contribution in [0.15, 0.2) is 54.6 Å². The highest BCUT2D eigenvalue weighted by Gasteiger charge is 2.29. The van der Waals surface area contributed by atoms with Gasteiger partial charge in [-0.2, -0.15) is 5.10 Å². The topological polar surface area (TPSA) is 70.5 Å². The number of benzene rings is 2. The fourth-order valence-electron chi connectivity index (χ4n) is 4.05. The lowest BCUT2D eigenvalue weighted by molar-refractivity contribution is 0.0984. The summed E-state index contributed by atoms with van der Waals surface area (Å²) in [6.45, 7) is 3.86. The van der Waals surface area contributed by atoms with Crippen LogP contribution in [0.4, 0.5) is 10.5 Å². The number of rotatable bonds is 5. The van der Waals surface area contributed by atoms with Crippen molar-refractivity contribution in [3.05, 3.63) is 82.1 Å². The highest BCUT2D eigenvalue weighted by Crippen LogP contribution is 2.27. The molecule has 0 saturated carbocycles. The zero-order chi connectivity index (χ0) is 22.7. The predicted molar refractivity (Wildman–Crippen MR) is 125 cm³/mol. The van der Waals surface area contributed by atoms with E-state index in [2.05, 4.69) is 5.32 Å². The molecule has 2 aromatic carbocycles. The average molecular weight is 452 g/mol. The Morgan fingerprint density at radius 3 is 2.56 bits per heavy atom. The van der Waals surface area contributed by atoms with Gasteiger partial charge >= 0.3 is 6.03 Å². The number of anilines is 1. The van der Waals surface area contributed by atoms with Gasteiger partial charge in [-0.05, 0) is 31.2 Å². The zero-order valence-electron chi connectivity index (χ0n) is 18.2. The number of urea groups is 1. The van der Waals surface area contributed by atoms with E-state index in [0.717, 1.165) is 29.1 Å². The molecule has 0 aliphatic carbocycles. The van der Waals surface area contributed by atoms with Gasteiger partial charge in [-0.25, -0.2) is 4.79 Å². The number of carbonyl (C=O) groups is 2. The fraction of sp³-hybridized carbons (Fsp3) is 0.292. The number of halogens is 1. The van der Waals surface area contributed by atoms with E-state index >= 15 is 0 Å². The van der Waals surface area contributed by atoms with Crippen LogP contribution in [0.5, 0.6) is 0 Å². The van der Waals surface area contributed by atoms with Crippen LogP contribution in [0.3, 0.4) is 0 Å². The molecule has 4 rings (SSSR count). The summed E-state index contributed by atoms with van der Waals surface area (Å²) in [5, 5.41) is 8.00. The second kappa shape index (κ2) is 9.44.